The Morgan fingerprint density at radius 2 is 1.79 bits per heavy atom. The molecule has 5 rings (SSSR count). The third kappa shape index (κ3) is 4.18. The van der Waals surface area contributed by atoms with E-state index >= 15 is 0 Å². The Labute approximate surface area is 201 Å². The first-order valence-corrected chi connectivity index (χ1v) is 12.3. The minimum atomic E-state index is -0.563. The van der Waals surface area contributed by atoms with Gasteiger partial charge in [-0.05, 0) is 51.0 Å². The van der Waals surface area contributed by atoms with Crippen LogP contribution in [0, 0.1) is 6.92 Å². The summed E-state index contributed by atoms with van der Waals surface area (Å²) in [5, 5.41) is 3.03. The molecule has 7 nitrogen and oxygen atoms in total. The van der Waals surface area contributed by atoms with Crippen LogP contribution in [0.2, 0.25) is 0 Å². The molecule has 0 aliphatic carbocycles. The lowest BCUT2D eigenvalue weighted by molar-refractivity contribution is -0.119. The number of nitrogens with zero attached hydrogens (tertiary/aromatic N) is 4. The number of hydrogen-bond acceptors (Lipinski definition) is 5. The Morgan fingerprint density at radius 1 is 1.06 bits per heavy atom. The second-order valence-corrected chi connectivity index (χ2v) is 10.1. The van der Waals surface area contributed by atoms with Crippen LogP contribution in [0.15, 0.2) is 36.4 Å². The number of carbonyl (C=O) groups excluding carboxylic acids is 1. The van der Waals surface area contributed by atoms with Crippen molar-refractivity contribution < 1.29 is 9.53 Å². The number of fused-ring (bicyclic) bond motifs is 2. The van der Waals surface area contributed by atoms with Gasteiger partial charge in [0.1, 0.15) is 11.6 Å². The van der Waals surface area contributed by atoms with E-state index < -0.39 is 5.41 Å². The van der Waals surface area contributed by atoms with Gasteiger partial charge >= 0.3 is 0 Å². The summed E-state index contributed by atoms with van der Waals surface area (Å²) in [5.41, 5.74) is 4.70. The summed E-state index contributed by atoms with van der Waals surface area (Å²) in [5.74, 6) is 2.00. The van der Waals surface area contributed by atoms with Gasteiger partial charge in [-0.15, -0.1) is 0 Å². The average molecular weight is 462 g/mol. The zero-order valence-corrected chi connectivity index (χ0v) is 20.7. The van der Waals surface area contributed by atoms with Crippen LogP contribution in [-0.4, -0.2) is 64.6 Å². The fourth-order valence-corrected chi connectivity index (χ4v) is 5.15. The molecule has 2 aromatic carbocycles. The number of ether oxygens (including phenoxy) is 1. The van der Waals surface area contributed by atoms with Crippen molar-refractivity contribution in [3.05, 3.63) is 53.3 Å². The number of nitrogens with one attached hydrogen (secondary N) is 1. The molecule has 1 aromatic heterocycles. The highest BCUT2D eigenvalue weighted by atomic mass is 16.5. The molecule has 0 saturated carbocycles. The van der Waals surface area contributed by atoms with Gasteiger partial charge in [-0.25, -0.2) is 4.98 Å². The fourth-order valence-electron chi connectivity index (χ4n) is 5.15. The van der Waals surface area contributed by atoms with Crippen LogP contribution < -0.4 is 10.1 Å². The zero-order chi connectivity index (χ0) is 23.9. The molecule has 2 aliphatic rings. The van der Waals surface area contributed by atoms with Gasteiger partial charge < -0.3 is 19.5 Å². The molecule has 1 amide bonds. The molecule has 3 aromatic rings. The second-order valence-electron chi connectivity index (χ2n) is 10.1. The number of piperazine rings is 1. The second kappa shape index (κ2) is 9.04. The molecule has 7 heteroatoms. The molecule has 180 valence electrons. The number of carbonyl (C=O) groups is 1. The van der Waals surface area contributed by atoms with Crippen LogP contribution in [0.25, 0.3) is 11.0 Å². The molecule has 3 heterocycles. The Morgan fingerprint density at radius 3 is 2.56 bits per heavy atom. The maximum Gasteiger partial charge on any atom is 0.234 e. The molecule has 0 atom stereocenters. The first kappa shape index (κ1) is 22.9. The van der Waals surface area contributed by atoms with Crippen molar-refractivity contribution in [3.8, 4) is 5.75 Å². The van der Waals surface area contributed by atoms with Crippen LogP contribution in [0.3, 0.4) is 0 Å². The standard InChI is InChI=1S/C27H35N5O2/c1-19-10-11-22(24-25(19)29-26(33)27(24,2)3)34-17-7-12-31-13-15-32(16-14-31)18-23-28-20-8-5-6-9-21(20)30(23)4/h5-6,8-11H,7,12-18H2,1-4H3,(H,29,33). The van der Waals surface area contributed by atoms with Crippen molar-refractivity contribution >= 4 is 22.6 Å². The molecule has 1 fully saturated rings. The van der Waals surface area contributed by atoms with Gasteiger partial charge in [0.25, 0.3) is 0 Å². The van der Waals surface area contributed by atoms with Gasteiger partial charge in [0.15, 0.2) is 0 Å². The van der Waals surface area contributed by atoms with E-state index in [1.165, 1.54) is 5.52 Å². The topological polar surface area (TPSA) is 62.6 Å². The van der Waals surface area contributed by atoms with Gasteiger partial charge in [0.05, 0.1) is 35.3 Å². The molecular formula is C27H35N5O2. The van der Waals surface area contributed by atoms with Crippen LogP contribution in [0.5, 0.6) is 5.75 Å². The maximum atomic E-state index is 12.4. The molecule has 1 N–H and O–H groups in total. The number of amides is 1. The van der Waals surface area contributed by atoms with Crippen molar-refractivity contribution in [2.75, 3.05) is 44.6 Å². The average Bonchev–Trinajstić information content (AvgIpc) is 3.27. The van der Waals surface area contributed by atoms with Crippen LogP contribution in [-0.2, 0) is 23.8 Å². The highest BCUT2D eigenvalue weighted by Crippen LogP contribution is 2.45. The maximum absolute atomic E-state index is 12.4. The van der Waals surface area contributed by atoms with Gasteiger partial charge in [-0.1, -0.05) is 18.2 Å². The predicted molar refractivity (Wildman–Crippen MR) is 135 cm³/mol. The Balaban J connectivity index is 1.10. The summed E-state index contributed by atoms with van der Waals surface area (Å²) >= 11 is 0. The largest absolute Gasteiger partial charge is 0.493 e. The molecule has 0 spiro atoms. The number of anilines is 1. The molecule has 2 aliphatic heterocycles. The van der Waals surface area contributed by atoms with Crippen molar-refractivity contribution in [3.63, 3.8) is 0 Å². The Kier molecular flexibility index (Phi) is 6.08. The van der Waals surface area contributed by atoms with Crippen LogP contribution in [0.4, 0.5) is 5.69 Å². The van der Waals surface area contributed by atoms with Crippen molar-refractivity contribution in [2.45, 2.75) is 39.2 Å². The number of benzene rings is 2. The van der Waals surface area contributed by atoms with E-state index in [2.05, 4.69) is 44.9 Å². The molecule has 0 unspecified atom stereocenters. The highest BCUT2D eigenvalue weighted by molar-refractivity contribution is 6.07. The zero-order valence-electron chi connectivity index (χ0n) is 20.7. The van der Waals surface area contributed by atoms with Gasteiger partial charge in [0.2, 0.25) is 5.91 Å². The SMILES string of the molecule is Cc1ccc(OCCCN2CCN(Cc3nc4ccccc4n3C)CC2)c2c1NC(=O)C2(C)C. The van der Waals surface area contributed by atoms with Crippen molar-refractivity contribution in [2.24, 2.45) is 7.05 Å². The number of hydrogen-bond donors (Lipinski definition) is 1. The van der Waals surface area contributed by atoms with E-state index in [0.717, 1.165) is 79.6 Å². The Hall–Kier alpha value is -2.90. The quantitative estimate of drug-likeness (QED) is 0.544. The number of rotatable bonds is 7. The minimum absolute atomic E-state index is 0.0400. The summed E-state index contributed by atoms with van der Waals surface area (Å²) < 4.78 is 8.39. The fraction of sp³-hybridized carbons (Fsp3) is 0.481. The molecular weight excluding hydrogens is 426 g/mol. The number of aryl methyl sites for hydroxylation is 2. The molecule has 0 bridgehead atoms. The first-order valence-electron chi connectivity index (χ1n) is 12.3. The lowest BCUT2D eigenvalue weighted by Gasteiger charge is -2.34. The van der Waals surface area contributed by atoms with Crippen molar-refractivity contribution in [1.29, 1.82) is 0 Å². The molecule has 34 heavy (non-hydrogen) atoms. The van der Waals surface area contributed by atoms with E-state index in [9.17, 15) is 4.79 Å². The lowest BCUT2D eigenvalue weighted by atomic mass is 9.85. The van der Waals surface area contributed by atoms with E-state index in [1.807, 2.05) is 39.0 Å². The van der Waals surface area contributed by atoms with Crippen LogP contribution >= 0.6 is 0 Å². The normalized spacial score (nSPS) is 18.3. The lowest BCUT2D eigenvalue weighted by Crippen LogP contribution is -2.46. The van der Waals surface area contributed by atoms with E-state index in [-0.39, 0.29) is 5.91 Å². The highest BCUT2D eigenvalue weighted by Gasteiger charge is 2.41. The van der Waals surface area contributed by atoms with Crippen molar-refractivity contribution in [1.82, 2.24) is 19.4 Å². The number of imidazole rings is 1. The van der Waals surface area contributed by atoms with E-state index in [1.54, 1.807) is 0 Å². The summed E-state index contributed by atoms with van der Waals surface area (Å²) in [7, 11) is 2.11. The molecule has 0 radical (unpaired) electrons. The van der Waals surface area contributed by atoms with Gasteiger partial charge in [-0.3, -0.25) is 9.69 Å². The monoisotopic (exact) mass is 461 g/mol. The summed E-state index contributed by atoms with van der Waals surface area (Å²) in [6.07, 6.45) is 0.967. The minimum Gasteiger partial charge on any atom is -0.493 e. The van der Waals surface area contributed by atoms with Crippen LogP contribution in [0.1, 0.15) is 37.2 Å². The summed E-state index contributed by atoms with van der Waals surface area (Å²) in [6.45, 7) is 12.8. The smallest absolute Gasteiger partial charge is 0.234 e. The number of para-hydroxylation sites is 2. The van der Waals surface area contributed by atoms with E-state index in [0.29, 0.717) is 6.61 Å². The summed E-state index contributed by atoms with van der Waals surface area (Å²) in [6, 6.07) is 12.4. The van der Waals surface area contributed by atoms with Gasteiger partial charge in [-0.2, -0.15) is 0 Å². The number of aromatic nitrogens is 2. The third-order valence-electron chi connectivity index (χ3n) is 7.39. The van der Waals surface area contributed by atoms with Gasteiger partial charge in [0, 0.05) is 45.3 Å². The Bertz CT molecular complexity index is 1210. The van der Waals surface area contributed by atoms with E-state index in [4.69, 9.17) is 9.72 Å². The predicted octanol–water partition coefficient (Wildman–Crippen LogP) is 3.70. The first-order chi connectivity index (χ1) is 16.3. The third-order valence-corrected chi connectivity index (χ3v) is 7.39. The molecule has 1 saturated heterocycles. The summed E-state index contributed by atoms with van der Waals surface area (Å²) in [4.78, 5) is 22.3.